The highest BCUT2D eigenvalue weighted by Crippen LogP contribution is 2.36. The van der Waals surface area contributed by atoms with Gasteiger partial charge in [-0.2, -0.15) is 0 Å². The van der Waals surface area contributed by atoms with Crippen molar-refractivity contribution in [1.29, 1.82) is 0 Å². The van der Waals surface area contributed by atoms with Gasteiger partial charge in [-0.15, -0.1) is 11.6 Å². The van der Waals surface area contributed by atoms with Gasteiger partial charge in [0.15, 0.2) is 0 Å². The predicted molar refractivity (Wildman–Crippen MR) is 104 cm³/mol. The highest BCUT2D eigenvalue weighted by Gasteiger charge is 2.49. The molecule has 0 amide bonds. The van der Waals surface area contributed by atoms with E-state index in [-0.39, 0.29) is 5.04 Å². The van der Waals surface area contributed by atoms with Crippen LogP contribution in [0.5, 0.6) is 0 Å². The average Bonchev–Trinajstić information content (AvgIpc) is 2.55. The summed E-state index contributed by atoms with van der Waals surface area (Å²) < 4.78 is 6.75. The molecule has 0 aliphatic carbocycles. The normalized spacial score (nSPS) is 12.3. The van der Waals surface area contributed by atoms with Crippen LogP contribution in [0.25, 0.3) is 0 Å². The quantitative estimate of drug-likeness (QED) is 0.405. The molecule has 0 spiro atoms. The van der Waals surface area contributed by atoms with E-state index in [1.165, 1.54) is 10.4 Å². The fourth-order valence-corrected chi connectivity index (χ4v) is 7.98. The van der Waals surface area contributed by atoms with E-state index in [9.17, 15) is 0 Å². The monoisotopic (exact) mass is 346 g/mol. The van der Waals surface area contributed by atoms with Gasteiger partial charge in [0.2, 0.25) is 0 Å². The third-order valence-electron chi connectivity index (χ3n) is 4.26. The second-order valence-corrected chi connectivity index (χ2v) is 11.6. The molecule has 23 heavy (non-hydrogen) atoms. The first-order valence-electron chi connectivity index (χ1n) is 8.33. The van der Waals surface area contributed by atoms with Crippen LogP contribution in [0.1, 0.15) is 33.6 Å². The predicted octanol–water partition coefficient (Wildman–Crippen LogP) is 4.58. The lowest BCUT2D eigenvalue weighted by atomic mass is 10.2. The van der Waals surface area contributed by atoms with Gasteiger partial charge in [0.1, 0.15) is 0 Å². The van der Waals surface area contributed by atoms with E-state index in [0.29, 0.717) is 5.88 Å². The number of unbranched alkanes of at least 4 members (excludes halogenated alkanes) is 1. The topological polar surface area (TPSA) is 9.23 Å². The van der Waals surface area contributed by atoms with E-state index in [4.69, 9.17) is 16.0 Å². The molecule has 0 aromatic heterocycles. The van der Waals surface area contributed by atoms with E-state index >= 15 is 0 Å². The highest BCUT2D eigenvalue weighted by atomic mass is 35.5. The zero-order valence-corrected chi connectivity index (χ0v) is 16.1. The summed E-state index contributed by atoms with van der Waals surface area (Å²) in [6.07, 6.45) is 2.01. The van der Waals surface area contributed by atoms with Crippen LogP contribution in [0.3, 0.4) is 0 Å². The summed E-state index contributed by atoms with van der Waals surface area (Å²) in [5, 5.41) is 2.73. The summed E-state index contributed by atoms with van der Waals surface area (Å²) >= 11 is 5.83. The minimum absolute atomic E-state index is 0.0523. The largest absolute Gasteiger partial charge is 0.407 e. The van der Waals surface area contributed by atoms with Crippen molar-refractivity contribution in [2.45, 2.75) is 38.7 Å². The van der Waals surface area contributed by atoms with E-state index in [1.807, 2.05) is 0 Å². The second-order valence-electron chi connectivity index (χ2n) is 6.91. The smallest absolute Gasteiger partial charge is 0.261 e. The van der Waals surface area contributed by atoms with Crippen molar-refractivity contribution in [3.63, 3.8) is 0 Å². The zero-order chi connectivity index (χ0) is 16.8. The SMILES string of the molecule is CC(C)(C)[Si](OCCCCCl)(c1ccccc1)c1ccccc1. The Kier molecular flexibility index (Phi) is 6.46. The number of benzene rings is 2. The summed E-state index contributed by atoms with van der Waals surface area (Å²) in [4.78, 5) is 0. The van der Waals surface area contributed by atoms with Crippen molar-refractivity contribution >= 4 is 30.3 Å². The molecule has 2 aromatic carbocycles. The molecular weight excluding hydrogens is 320 g/mol. The van der Waals surface area contributed by atoms with Crippen molar-refractivity contribution in [1.82, 2.24) is 0 Å². The Morgan fingerprint density at radius 3 is 1.70 bits per heavy atom. The van der Waals surface area contributed by atoms with Gasteiger partial charge in [-0.05, 0) is 28.3 Å². The van der Waals surface area contributed by atoms with Gasteiger partial charge in [0.05, 0.1) is 0 Å². The molecule has 0 unspecified atom stereocenters. The summed E-state index contributed by atoms with van der Waals surface area (Å²) in [5.74, 6) is 0.699. The van der Waals surface area contributed by atoms with Crippen LogP contribution in [0.15, 0.2) is 60.7 Å². The van der Waals surface area contributed by atoms with E-state index < -0.39 is 8.32 Å². The summed E-state index contributed by atoms with van der Waals surface area (Å²) in [6, 6.07) is 21.5. The number of hydrogen-bond donors (Lipinski definition) is 0. The van der Waals surface area contributed by atoms with Crippen molar-refractivity contribution in [2.24, 2.45) is 0 Å². The number of rotatable bonds is 7. The first-order chi connectivity index (χ1) is 11.0. The van der Waals surface area contributed by atoms with Crippen LogP contribution in [0.4, 0.5) is 0 Å². The van der Waals surface area contributed by atoms with Crippen LogP contribution < -0.4 is 10.4 Å². The maximum absolute atomic E-state index is 6.75. The Bertz CT molecular complexity index is 538. The average molecular weight is 347 g/mol. The Hall–Kier alpha value is -1.09. The molecule has 0 saturated heterocycles. The second kappa shape index (κ2) is 8.14. The van der Waals surface area contributed by atoms with Gasteiger partial charge in [-0.25, -0.2) is 0 Å². The molecule has 0 N–H and O–H groups in total. The molecule has 2 rings (SSSR count). The Labute approximate surface area is 146 Å². The van der Waals surface area contributed by atoms with Crippen molar-refractivity contribution in [2.75, 3.05) is 12.5 Å². The van der Waals surface area contributed by atoms with Gasteiger partial charge < -0.3 is 4.43 Å². The molecular formula is C20H27ClOSi. The third-order valence-corrected chi connectivity index (χ3v) is 9.57. The van der Waals surface area contributed by atoms with Gasteiger partial charge in [-0.3, -0.25) is 0 Å². The number of alkyl halides is 1. The van der Waals surface area contributed by atoms with Gasteiger partial charge in [-0.1, -0.05) is 81.4 Å². The zero-order valence-electron chi connectivity index (χ0n) is 14.4. The van der Waals surface area contributed by atoms with Crippen molar-refractivity contribution in [3.8, 4) is 0 Å². The fraction of sp³-hybridized carbons (Fsp3) is 0.400. The Morgan fingerprint density at radius 2 is 1.30 bits per heavy atom. The first kappa shape index (κ1) is 18.2. The molecule has 1 nitrogen and oxygen atoms in total. The minimum atomic E-state index is -2.34. The molecule has 2 aromatic rings. The van der Waals surface area contributed by atoms with Crippen LogP contribution in [0.2, 0.25) is 5.04 Å². The first-order valence-corrected chi connectivity index (χ1v) is 10.8. The molecule has 0 heterocycles. The van der Waals surface area contributed by atoms with Gasteiger partial charge in [0, 0.05) is 12.5 Å². The van der Waals surface area contributed by atoms with Crippen LogP contribution in [0, 0.1) is 0 Å². The summed E-state index contributed by atoms with van der Waals surface area (Å²) in [7, 11) is -2.34. The third kappa shape index (κ3) is 4.06. The molecule has 0 fully saturated rings. The number of hydrogen-bond acceptors (Lipinski definition) is 1. The number of halogens is 1. The minimum Gasteiger partial charge on any atom is -0.407 e. The van der Waals surface area contributed by atoms with Crippen LogP contribution >= 0.6 is 11.6 Å². The summed E-state index contributed by atoms with van der Waals surface area (Å²) in [5.41, 5.74) is 0. The summed E-state index contributed by atoms with van der Waals surface area (Å²) in [6.45, 7) is 7.68. The van der Waals surface area contributed by atoms with E-state index in [1.54, 1.807) is 0 Å². The lowest BCUT2D eigenvalue weighted by molar-refractivity contribution is 0.291. The van der Waals surface area contributed by atoms with Crippen LogP contribution in [-0.2, 0) is 4.43 Å². The molecule has 0 aliphatic heterocycles. The lowest BCUT2D eigenvalue weighted by Crippen LogP contribution is -2.66. The van der Waals surface area contributed by atoms with E-state index in [2.05, 4.69) is 81.4 Å². The van der Waals surface area contributed by atoms with Gasteiger partial charge >= 0.3 is 0 Å². The standard InChI is InChI=1S/C20H27ClOSi/c1-20(2,3)23(22-17-11-10-16-21,18-12-6-4-7-13-18)19-14-8-5-9-15-19/h4-9,12-15H,10-11,16-17H2,1-3H3. The maximum atomic E-state index is 6.75. The Morgan fingerprint density at radius 1 is 0.826 bits per heavy atom. The highest BCUT2D eigenvalue weighted by molar-refractivity contribution is 6.99. The van der Waals surface area contributed by atoms with Crippen molar-refractivity contribution < 1.29 is 4.43 Å². The molecule has 124 valence electrons. The molecule has 0 bridgehead atoms. The fourth-order valence-electron chi connectivity index (χ4n) is 3.18. The molecule has 0 atom stereocenters. The van der Waals surface area contributed by atoms with E-state index in [0.717, 1.165) is 19.4 Å². The van der Waals surface area contributed by atoms with Gasteiger partial charge in [0.25, 0.3) is 8.32 Å². The molecule has 3 heteroatoms. The molecule has 0 saturated carbocycles. The molecule has 0 aliphatic rings. The van der Waals surface area contributed by atoms with Crippen molar-refractivity contribution in [3.05, 3.63) is 60.7 Å². The Balaban J connectivity index is 2.51. The molecule has 0 radical (unpaired) electrons. The lowest BCUT2D eigenvalue weighted by Gasteiger charge is -2.43. The van der Waals surface area contributed by atoms with Crippen LogP contribution in [-0.4, -0.2) is 20.8 Å². The maximum Gasteiger partial charge on any atom is 0.261 e.